The van der Waals surface area contributed by atoms with Crippen molar-refractivity contribution in [1.82, 2.24) is 9.88 Å². The van der Waals surface area contributed by atoms with Crippen LogP contribution in [0.15, 0.2) is 47.4 Å². The Labute approximate surface area is 213 Å². The first kappa shape index (κ1) is 25.7. The number of nitrogens with zero attached hydrogens (tertiary/aromatic N) is 2. The zero-order valence-corrected chi connectivity index (χ0v) is 21.5. The summed E-state index contributed by atoms with van der Waals surface area (Å²) in [6, 6.07) is 10.2. The summed E-state index contributed by atoms with van der Waals surface area (Å²) in [6.07, 6.45) is 1.73. The van der Waals surface area contributed by atoms with Crippen molar-refractivity contribution < 1.29 is 28.2 Å². The fraction of sp³-hybridized carbons (Fsp3) is 0.333. The van der Waals surface area contributed by atoms with Gasteiger partial charge in [-0.15, -0.1) is 0 Å². The first-order valence-electron chi connectivity index (χ1n) is 11.3. The smallest absolute Gasteiger partial charge is 0.323 e. The lowest BCUT2D eigenvalue weighted by atomic mass is 9.99. The molecule has 0 bridgehead atoms. The number of aromatic hydroxyl groups is 1. The number of rotatable bonds is 7. The molecule has 36 heavy (non-hydrogen) atoms. The van der Waals surface area contributed by atoms with Gasteiger partial charge in [0.05, 0.1) is 17.7 Å². The number of urea groups is 1. The van der Waals surface area contributed by atoms with Crippen LogP contribution in [0.2, 0.25) is 0 Å². The van der Waals surface area contributed by atoms with E-state index in [9.17, 15) is 23.4 Å². The minimum atomic E-state index is -4.02. The number of piperidine rings is 1. The molecule has 1 aliphatic heterocycles. The Bertz CT molecular complexity index is 1340. The van der Waals surface area contributed by atoms with Crippen LogP contribution in [0.5, 0.6) is 11.5 Å². The lowest BCUT2D eigenvalue weighted by Gasteiger charge is -2.31. The van der Waals surface area contributed by atoms with Crippen LogP contribution in [-0.4, -0.2) is 61.4 Å². The first-order valence-corrected chi connectivity index (χ1v) is 13.6. The van der Waals surface area contributed by atoms with Crippen LogP contribution >= 0.6 is 11.3 Å². The van der Waals surface area contributed by atoms with E-state index < -0.39 is 10.0 Å². The summed E-state index contributed by atoms with van der Waals surface area (Å²) in [7, 11) is -2.63. The van der Waals surface area contributed by atoms with Crippen molar-refractivity contribution in [3.05, 3.63) is 48.2 Å². The number of phenolic OH excluding ortho intramolecular Hbond substituents is 1. The molecule has 0 radical (unpaired) electrons. The maximum atomic E-state index is 13.2. The van der Waals surface area contributed by atoms with Crippen LogP contribution in [0.4, 0.5) is 15.6 Å². The Morgan fingerprint density at radius 3 is 2.69 bits per heavy atom. The number of nitrogens with one attached hydrogen (secondary N) is 2. The molecule has 2 aromatic carbocycles. The van der Waals surface area contributed by atoms with Gasteiger partial charge in [0, 0.05) is 25.4 Å². The molecule has 1 aliphatic rings. The number of carbonyl (C=O) groups excluding carboxylic acids is 1. The van der Waals surface area contributed by atoms with Gasteiger partial charge in [0.15, 0.2) is 5.13 Å². The van der Waals surface area contributed by atoms with E-state index in [1.165, 1.54) is 48.8 Å². The monoisotopic (exact) mass is 532 g/mol. The van der Waals surface area contributed by atoms with Crippen molar-refractivity contribution in [2.24, 2.45) is 5.92 Å². The first-order chi connectivity index (χ1) is 17.2. The Hall–Kier alpha value is -3.35. The highest BCUT2D eigenvalue weighted by atomic mass is 32.2. The van der Waals surface area contributed by atoms with E-state index in [1.54, 1.807) is 24.0 Å². The molecule has 192 valence electrons. The highest BCUT2D eigenvalue weighted by Gasteiger charge is 2.25. The van der Waals surface area contributed by atoms with Crippen LogP contribution in [0.25, 0.3) is 10.4 Å². The van der Waals surface area contributed by atoms with Crippen LogP contribution in [-0.2, 0) is 10.0 Å². The fourth-order valence-electron chi connectivity index (χ4n) is 4.05. The number of aliphatic hydroxyl groups excluding tert-OH is 1. The number of hydrogen-bond donors (Lipinski definition) is 4. The van der Waals surface area contributed by atoms with Gasteiger partial charge in [-0.1, -0.05) is 11.3 Å². The van der Waals surface area contributed by atoms with E-state index >= 15 is 0 Å². The zero-order valence-electron chi connectivity index (χ0n) is 19.9. The van der Waals surface area contributed by atoms with Gasteiger partial charge in [0.25, 0.3) is 10.0 Å². The molecule has 1 unspecified atom stereocenters. The second-order valence-corrected chi connectivity index (χ2v) is 11.2. The molecule has 3 aromatic rings. The van der Waals surface area contributed by atoms with Crippen molar-refractivity contribution in [1.29, 1.82) is 0 Å². The molecule has 10 nitrogen and oxygen atoms in total. The second-order valence-electron chi connectivity index (χ2n) is 8.52. The Morgan fingerprint density at radius 1 is 1.25 bits per heavy atom. The molecule has 2 heterocycles. The third-order valence-electron chi connectivity index (χ3n) is 5.91. The van der Waals surface area contributed by atoms with Crippen molar-refractivity contribution in [2.45, 2.75) is 24.7 Å². The summed E-state index contributed by atoms with van der Waals surface area (Å²) in [5, 5.41) is 22.1. The quantitative estimate of drug-likeness (QED) is 0.339. The molecule has 1 fully saturated rings. The number of aliphatic hydroxyl groups is 1. The molecule has 2 amide bonds. The third-order valence-corrected chi connectivity index (χ3v) is 8.43. The van der Waals surface area contributed by atoms with E-state index in [2.05, 4.69) is 15.0 Å². The van der Waals surface area contributed by atoms with Gasteiger partial charge in [-0.05, 0) is 73.7 Å². The van der Waals surface area contributed by atoms with Gasteiger partial charge in [-0.2, -0.15) is 0 Å². The molecule has 12 heteroatoms. The standard InChI is InChI=1S/C24H28N4O6S2/c1-15-22(35-23(25-15)26-24(31)28-11-3-4-16(13-28)14-29)17-5-10-20(34-2)21(12-17)36(32,33)27-18-6-8-19(30)9-7-18/h5-10,12,16,27,29-30H,3-4,11,13-14H2,1-2H3,(H,25,26,31). The number of likely N-dealkylation sites (tertiary alicyclic amines) is 1. The van der Waals surface area contributed by atoms with Crippen molar-refractivity contribution in [3.8, 4) is 21.9 Å². The average molecular weight is 533 g/mol. The third kappa shape index (κ3) is 5.72. The molecule has 1 aromatic heterocycles. The molecule has 1 atom stereocenters. The lowest BCUT2D eigenvalue weighted by Crippen LogP contribution is -2.43. The molecule has 1 saturated heterocycles. The van der Waals surface area contributed by atoms with Crippen molar-refractivity contribution in [3.63, 3.8) is 0 Å². The number of hydrogen-bond acceptors (Lipinski definition) is 8. The normalized spacial score (nSPS) is 16.0. The van der Waals surface area contributed by atoms with Crippen molar-refractivity contribution >= 4 is 38.2 Å². The van der Waals surface area contributed by atoms with E-state index in [4.69, 9.17) is 4.74 Å². The second kappa shape index (κ2) is 10.7. The Balaban J connectivity index is 1.58. The maximum Gasteiger partial charge on any atom is 0.323 e. The van der Waals surface area contributed by atoms with E-state index in [0.717, 1.165) is 12.8 Å². The van der Waals surface area contributed by atoms with Gasteiger partial charge in [0.2, 0.25) is 0 Å². The van der Waals surface area contributed by atoms with Crippen LogP contribution in [0.3, 0.4) is 0 Å². The van der Waals surface area contributed by atoms with E-state index in [-0.39, 0.29) is 35.0 Å². The number of carbonyl (C=O) groups is 1. The van der Waals surface area contributed by atoms with Crippen LogP contribution < -0.4 is 14.8 Å². The number of methoxy groups -OCH3 is 1. The SMILES string of the molecule is COc1ccc(-c2sc(NC(=O)N3CCCC(CO)C3)nc2C)cc1S(=O)(=O)Nc1ccc(O)cc1. The summed E-state index contributed by atoms with van der Waals surface area (Å²) in [5.74, 6) is 0.270. The summed E-state index contributed by atoms with van der Waals surface area (Å²) < 4.78 is 34.1. The number of benzene rings is 2. The van der Waals surface area contributed by atoms with Gasteiger partial charge >= 0.3 is 6.03 Å². The van der Waals surface area contributed by atoms with Gasteiger partial charge in [-0.25, -0.2) is 18.2 Å². The number of anilines is 2. The van der Waals surface area contributed by atoms with E-state index in [0.29, 0.717) is 40.0 Å². The van der Waals surface area contributed by atoms with E-state index in [1.807, 2.05) is 0 Å². The number of thiazole rings is 1. The predicted molar refractivity (Wildman–Crippen MR) is 138 cm³/mol. The number of sulfonamides is 1. The van der Waals surface area contributed by atoms with Gasteiger partial charge in [-0.3, -0.25) is 10.0 Å². The minimum absolute atomic E-state index is 0.0228. The number of ether oxygens (including phenoxy) is 1. The molecular formula is C24H28N4O6S2. The molecular weight excluding hydrogens is 504 g/mol. The number of phenols is 1. The molecule has 0 saturated carbocycles. The summed E-state index contributed by atoms with van der Waals surface area (Å²) in [6.45, 7) is 2.95. The summed E-state index contributed by atoms with van der Waals surface area (Å²) in [5.41, 5.74) is 1.54. The van der Waals surface area contributed by atoms with Gasteiger partial charge in [0.1, 0.15) is 16.4 Å². The molecule has 4 N–H and O–H groups in total. The Kier molecular flexibility index (Phi) is 7.67. The zero-order chi connectivity index (χ0) is 25.9. The number of amides is 2. The minimum Gasteiger partial charge on any atom is -0.508 e. The van der Waals surface area contributed by atoms with Crippen LogP contribution in [0.1, 0.15) is 18.5 Å². The summed E-state index contributed by atoms with van der Waals surface area (Å²) in [4.78, 5) is 19.5. The fourth-order valence-corrected chi connectivity index (χ4v) is 6.26. The highest BCUT2D eigenvalue weighted by molar-refractivity contribution is 7.92. The topological polar surface area (TPSA) is 141 Å². The number of aromatic nitrogens is 1. The Morgan fingerprint density at radius 2 is 2.00 bits per heavy atom. The molecule has 4 rings (SSSR count). The van der Waals surface area contributed by atoms with Crippen LogP contribution in [0, 0.1) is 12.8 Å². The maximum absolute atomic E-state index is 13.2. The largest absolute Gasteiger partial charge is 0.508 e. The lowest BCUT2D eigenvalue weighted by molar-refractivity contribution is 0.136. The average Bonchev–Trinajstić information content (AvgIpc) is 3.24. The highest BCUT2D eigenvalue weighted by Crippen LogP contribution is 2.37. The molecule has 0 spiro atoms. The molecule has 0 aliphatic carbocycles. The van der Waals surface area contributed by atoms with Gasteiger partial charge < -0.3 is 19.8 Å². The number of aryl methyl sites for hydroxylation is 1. The predicted octanol–water partition coefficient (Wildman–Crippen LogP) is 3.87. The van der Waals surface area contributed by atoms with Crippen molar-refractivity contribution in [2.75, 3.05) is 36.8 Å². The summed E-state index contributed by atoms with van der Waals surface area (Å²) >= 11 is 1.25.